The maximum absolute atomic E-state index is 10.4. The Labute approximate surface area is 111 Å². The van der Waals surface area contributed by atoms with Gasteiger partial charge in [0.15, 0.2) is 0 Å². The fraction of sp³-hybridized carbons (Fsp3) is 0.286. The molecule has 0 aliphatic rings. The third-order valence-electron chi connectivity index (χ3n) is 2.86. The lowest BCUT2D eigenvalue weighted by Gasteiger charge is -2.08. The van der Waals surface area contributed by atoms with Crippen molar-refractivity contribution in [2.75, 3.05) is 0 Å². The summed E-state index contributed by atoms with van der Waals surface area (Å²) in [5.41, 5.74) is 2.48. The van der Waals surface area contributed by atoms with Gasteiger partial charge in [0.1, 0.15) is 6.61 Å². The fourth-order valence-corrected chi connectivity index (χ4v) is 1.77. The fourth-order valence-electron chi connectivity index (χ4n) is 1.77. The molecule has 0 saturated carbocycles. The lowest BCUT2D eigenvalue weighted by atomic mass is 10.1. The molecular formula is C14H15N3O2. The first-order chi connectivity index (χ1) is 9.24. The Bertz CT molecular complexity index is 613. The van der Waals surface area contributed by atoms with Crippen LogP contribution in [0.1, 0.15) is 18.1 Å². The van der Waals surface area contributed by atoms with Gasteiger partial charge < -0.3 is 4.74 Å². The van der Waals surface area contributed by atoms with Gasteiger partial charge in [-0.15, -0.1) is 5.10 Å². The number of isocyanates is 1. The van der Waals surface area contributed by atoms with Crippen LogP contribution >= 0.6 is 0 Å². The number of hydrogen-bond acceptors (Lipinski definition) is 4. The minimum absolute atomic E-state index is 0.327. The third kappa shape index (κ3) is 3.09. The monoisotopic (exact) mass is 257 g/mol. The molecule has 0 spiro atoms. The maximum atomic E-state index is 10.4. The molecular weight excluding hydrogens is 242 g/mol. The molecule has 1 aromatic heterocycles. The summed E-state index contributed by atoms with van der Waals surface area (Å²) in [7, 11) is 0. The van der Waals surface area contributed by atoms with Crippen molar-refractivity contribution in [3.63, 3.8) is 0 Å². The summed E-state index contributed by atoms with van der Waals surface area (Å²) in [4.78, 5) is 14.1. The lowest BCUT2D eigenvalue weighted by molar-refractivity contribution is 0.289. The number of aromatic nitrogens is 2. The summed E-state index contributed by atoms with van der Waals surface area (Å²) in [6, 6.07) is 7.37. The molecule has 2 rings (SSSR count). The van der Waals surface area contributed by atoms with E-state index in [4.69, 9.17) is 4.74 Å². The second-order valence-electron chi connectivity index (χ2n) is 4.07. The van der Waals surface area contributed by atoms with Crippen LogP contribution in [0.2, 0.25) is 0 Å². The predicted octanol–water partition coefficient (Wildman–Crippen LogP) is 2.76. The van der Waals surface area contributed by atoms with Crippen molar-refractivity contribution in [3.8, 4) is 5.88 Å². The van der Waals surface area contributed by atoms with Crippen molar-refractivity contribution in [1.29, 1.82) is 0 Å². The first kappa shape index (κ1) is 13.1. The van der Waals surface area contributed by atoms with Crippen molar-refractivity contribution in [2.24, 2.45) is 4.99 Å². The molecule has 0 amide bonds. The molecule has 5 heteroatoms. The minimum Gasteiger partial charge on any atom is -0.472 e. The highest BCUT2D eigenvalue weighted by molar-refractivity contribution is 5.55. The van der Waals surface area contributed by atoms with E-state index in [1.807, 2.05) is 38.2 Å². The summed E-state index contributed by atoms with van der Waals surface area (Å²) in [6.45, 7) is 5.09. The summed E-state index contributed by atoms with van der Waals surface area (Å²) < 4.78 is 7.41. The van der Waals surface area contributed by atoms with Crippen molar-refractivity contribution in [1.82, 2.24) is 9.78 Å². The summed E-state index contributed by atoms with van der Waals surface area (Å²) in [5.74, 6) is 0.561. The van der Waals surface area contributed by atoms with Crippen LogP contribution in [-0.4, -0.2) is 15.9 Å². The van der Waals surface area contributed by atoms with Crippen molar-refractivity contribution < 1.29 is 9.53 Å². The van der Waals surface area contributed by atoms with Gasteiger partial charge in [-0.3, -0.25) is 4.68 Å². The second kappa shape index (κ2) is 5.98. The Morgan fingerprint density at radius 3 is 2.95 bits per heavy atom. The van der Waals surface area contributed by atoms with Crippen LogP contribution in [-0.2, 0) is 17.9 Å². The third-order valence-corrected chi connectivity index (χ3v) is 2.86. The summed E-state index contributed by atoms with van der Waals surface area (Å²) in [6.07, 6.45) is 3.42. The zero-order valence-corrected chi connectivity index (χ0v) is 11.0. The Kier molecular flexibility index (Phi) is 4.11. The number of nitrogens with zero attached hydrogens (tertiary/aromatic N) is 3. The predicted molar refractivity (Wildman–Crippen MR) is 71.2 cm³/mol. The van der Waals surface area contributed by atoms with Crippen molar-refractivity contribution >= 4 is 11.8 Å². The van der Waals surface area contributed by atoms with Gasteiger partial charge in [0.05, 0.1) is 5.69 Å². The average molecular weight is 257 g/mol. The van der Waals surface area contributed by atoms with Crippen LogP contribution in [0.3, 0.4) is 0 Å². The van der Waals surface area contributed by atoms with Gasteiger partial charge in [-0.1, -0.05) is 12.1 Å². The van der Waals surface area contributed by atoms with Gasteiger partial charge in [0.25, 0.3) is 0 Å². The maximum Gasteiger partial charge on any atom is 0.240 e. The molecule has 98 valence electrons. The van der Waals surface area contributed by atoms with Gasteiger partial charge in [0, 0.05) is 24.4 Å². The molecule has 0 aliphatic heterocycles. The van der Waals surface area contributed by atoms with E-state index in [-0.39, 0.29) is 0 Å². The van der Waals surface area contributed by atoms with E-state index < -0.39 is 0 Å². The standard InChI is InChI=1S/C14H15N3O2/c1-3-17-8-7-14(16-17)19-9-12-11(2)5-4-6-13(12)15-10-18/h4-8H,3,9H2,1-2H3. The molecule has 0 unspecified atom stereocenters. The number of benzene rings is 1. The number of rotatable bonds is 5. The van der Waals surface area contributed by atoms with E-state index >= 15 is 0 Å². The van der Waals surface area contributed by atoms with Crippen LogP contribution in [0.25, 0.3) is 0 Å². The van der Waals surface area contributed by atoms with Crippen LogP contribution < -0.4 is 4.74 Å². The molecule has 0 bridgehead atoms. The topological polar surface area (TPSA) is 56.5 Å². The van der Waals surface area contributed by atoms with Crippen LogP contribution in [0.15, 0.2) is 35.5 Å². The molecule has 0 aliphatic carbocycles. The van der Waals surface area contributed by atoms with E-state index in [2.05, 4.69) is 10.1 Å². The van der Waals surface area contributed by atoms with E-state index in [1.165, 1.54) is 0 Å². The molecule has 1 heterocycles. The van der Waals surface area contributed by atoms with Gasteiger partial charge in [-0.25, -0.2) is 4.79 Å². The van der Waals surface area contributed by atoms with Crippen molar-refractivity contribution in [2.45, 2.75) is 27.0 Å². The van der Waals surface area contributed by atoms with Crippen LogP contribution in [0, 0.1) is 6.92 Å². The first-order valence-corrected chi connectivity index (χ1v) is 6.07. The Hall–Kier alpha value is -2.39. The molecule has 1 aromatic carbocycles. The van der Waals surface area contributed by atoms with Crippen molar-refractivity contribution in [3.05, 3.63) is 41.6 Å². The quantitative estimate of drug-likeness (QED) is 0.611. The second-order valence-corrected chi connectivity index (χ2v) is 4.07. The highest BCUT2D eigenvalue weighted by Crippen LogP contribution is 2.23. The SMILES string of the molecule is CCn1ccc(OCc2c(C)cccc2N=C=O)n1. The van der Waals surface area contributed by atoms with Gasteiger partial charge in [-0.2, -0.15) is 4.99 Å². The molecule has 0 radical (unpaired) electrons. The molecule has 0 atom stereocenters. The Morgan fingerprint density at radius 1 is 1.42 bits per heavy atom. The van der Waals surface area contributed by atoms with E-state index in [0.717, 1.165) is 17.7 Å². The smallest absolute Gasteiger partial charge is 0.240 e. The zero-order chi connectivity index (χ0) is 13.7. The number of aliphatic imine (C=N–C) groups is 1. The van der Waals surface area contributed by atoms with E-state index in [1.54, 1.807) is 16.8 Å². The highest BCUT2D eigenvalue weighted by atomic mass is 16.5. The summed E-state index contributed by atoms with van der Waals surface area (Å²) >= 11 is 0. The minimum atomic E-state index is 0.327. The van der Waals surface area contributed by atoms with E-state index in [0.29, 0.717) is 18.2 Å². The Balaban J connectivity index is 2.16. The molecule has 0 fully saturated rings. The summed E-state index contributed by atoms with van der Waals surface area (Å²) in [5, 5.41) is 4.24. The normalized spacial score (nSPS) is 10.0. The van der Waals surface area contributed by atoms with E-state index in [9.17, 15) is 4.79 Å². The van der Waals surface area contributed by atoms with Crippen LogP contribution in [0.4, 0.5) is 5.69 Å². The molecule has 0 N–H and O–H groups in total. The Morgan fingerprint density at radius 2 is 2.26 bits per heavy atom. The van der Waals surface area contributed by atoms with Gasteiger partial charge in [-0.05, 0) is 25.5 Å². The average Bonchev–Trinajstić information content (AvgIpc) is 2.86. The number of aryl methyl sites for hydroxylation is 2. The van der Waals surface area contributed by atoms with Gasteiger partial charge in [0.2, 0.25) is 12.0 Å². The first-order valence-electron chi connectivity index (χ1n) is 6.07. The molecule has 19 heavy (non-hydrogen) atoms. The molecule has 5 nitrogen and oxygen atoms in total. The zero-order valence-electron chi connectivity index (χ0n) is 11.0. The number of ether oxygens (including phenoxy) is 1. The van der Waals surface area contributed by atoms with Crippen LogP contribution in [0.5, 0.6) is 5.88 Å². The molecule has 0 saturated heterocycles. The number of carbonyl (C=O) groups excluding carboxylic acids is 1. The number of hydrogen-bond donors (Lipinski definition) is 0. The van der Waals surface area contributed by atoms with Gasteiger partial charge >= 0.3 is 0 Å². The highest BCUT2D eigenvalue weighted by Gasteiger charge is 2.07. The largest absolute Gasteiger partial charge is 0.472 e. The lowest BCUT2D eigenvalue weighted by Crippen LogP contribution is -2.00. The molecule has 2 aromatic rings.